The summed E-state index contributed by atoms with van der Waals surface area (Å²) < 4.78 is 20.0. The Kier molecular flexibility index (Phi) is 5.85. The number of hydrogen-bond acceptors (Lipinski definition) is 3. The van der Waals surface area contributed by atoms with Crippen LogP contribution < -0.4 is 10.1 Å². The topological polar surface area (TPSA) is 58.6 Å². The maximum Gasteiger partial charge on any atom is 0.335 e. The molecule has 5 heteroatoms. The van der Waals surface area contributed by atoms with Gasteiger partial charge in [-0.1, -0.05) is 54.6 Å². The van der Waals surface area contributed by atoms with Crippen LogP contribution in [-0.2, 0) is 13.2 Å². The van der Waals surface area contributed by atoms with E-state index in [0.29, 0.717) is 17.9 Å². The first-order chi connectivity index (χ1) is 15.0. The summed E-state index contributed by atoms with van der Waals surface area (Å²) in [6.07, 6.45) is 0. The molecule has 156 valence electrons. The van der Waals surface area contributed by atoms with E-state index in [9.17, 15) is 14.3 Å². The number of aromatic carboxylic acids is 1. The Morgan fingerprint density at radius 3 is 2.58 bits per heavy atom. The highest BCUT2D eigenvalue weighted by Crippen LogP contribution is 2.30. The van der Waals surface area contributed by atoms with E-state index in [2.05, 4.69) is 5.32 Å². The highest BCUT2D eigenvalue weighted by atomic mass is 19.1. The first kappa shape index (κ1) is 20.4. The highest BCUT2D eigenvalue weighted by molar-refractivity contribution is 5.90. The second kappa shape index (κ2) is 8.88. The van der Waals surface area contributed by atoms with Gasteiger partial charge in [0.15, 0.2) is 0 Å². The van der Waals surface area contributed by atoms with Crippen molar-refractivity contribution >= 4 is 22.4 Å². The zero-order chi connectivity index (χ0) is 21.8. The molecule has 0 bridgehead atoms. The minimum absolute atomic E-state index is 0.117. The van der Waals surface area contributed by atoms with E-state index >= 15 is 0 Å². The number of fused-ring (bicyclic) bond motifs is 1. The predicted octanol–water partition coefficient (Wildman–Crippen LogP) is 6.18. The summed E-state index contributed by atoms with van der Waals surface area (Å²) in [6.45, 7) is 2.47. The van der Waals surface area contributed by atoms with Crippen LogP contribution >= 0.6 is 0 Å². The molecule has 0 unspecified atom stereocenters. The summed E-state index contributed by atoms with van der Waals surface area (Å²) >= 11 is 0. The van der Waals surface area contributed by atoms with Crippen molar-refractivity contribution in [2.24, 2.45) is 0 Å². The van der Waals surface area contributed by atoms with Crippen molar-refractivity contribution in [3.05, 3.63) is 107 Å². The van der Waals surface area contributed by atoms with E-state index in [1.165, 1.54) is 6.07 Å². The Bertz CT molecular complexity index is 1250. The quantitative estimate of drug-likeness (QED) is 0.379. The molecule has 0 heterocycles. The van der Waals surface area contributed by atoms with Crippen molar-refractivity contribution in [2.45, 2.75) is 20.1 Å². The smallest absolute Gasteiger partial charge is 0.335 e. The van der Waals surface area contributed by atoms with Gasteiger partial charge in [-0.25, -0.2) is 9.18 Å². The molecule has 0 spiro atoms. The maximum absolute atomic E-state index is 14.0. The van der Waals surface area contributed by atoms with Gasteiger partial charge in [-0.3, -0.25) is 0 Å². The van der Waals surface area contributed by atoms with Gasteiger partial charge in [0, 0.05) is 23.4 Å². The molecule has 0 fully saturated rings. The molecular formula is C26H22FNO3. The molecule has 0 amide bonds. The number of rotatable bonds is 7. The number of carboxylic acid groups (broad SMARTS) is 1. The van der Waals surface area contributed by atoms with Gasteiger partial charge in [0.25, 0.3) is 0 Å². The summed E-state index contributed by atoms with van der Waals surface area (Å²) in [5.74, 6) is -0.618. The van der Waals surface area contributed by atoms with Crippen LogP contribution in [0.1, 0.15) is 27.0 Å². The normalized spacial score (nSPS) is 10.8. The van der Waals surface area contributed by atoms with Crippen LogP contribution in [0.15, 0.2) is 78.9 Å². The number of halogens is 1. The second-order valence-electron chi connectivity index (χ2n) is 7.33. The zero-order valence-corrected chi connectivity index (χ0v) is 17.1. The molecule has 0 saturated heterocycles. The number of hydrogen-bond donors (Lipinski definition) is 2. The monoisotopic (exact) mass is 415 g/mol. The lowest BCUT2D eigenvalue weighted by Crippen LogP contribution is -2.07. The molecule has 4 aromatic carbocycles. The molecule has 0 saturated carbocycles. The van der Waals surface area contributed by atoms with E-state index in [1.54, 1.807) is 36.4 Å². The fourth-order valence-electron chi connectivity index (χ4n) is 3.53. The predicted molar refractivity (Wildman–Crippen MR) is 120 cm³/mol. The average Bonchev–Trinajstić information content (AvgIpc) is 2.78. The summed E-state index contributed by atoms with van der Waals surface area (Å²) in [6, 6.07) is 23.4. The SMILES string of the molecule is Cc1ccc(C(=O)O)cc1NCc1c(OCc2ccccc2F)ccc2ccccc12. The zero-order valence-electron chi connectivity index (χ0n) is 17.1. The van der Waals surface area contributed by atoms with E-state index < -0.39 is 5.97 Å². The fraction of sp³-hybridized carbons (Fsp3) is 0.115. The lowest BCUT2D eigenvalue weighted by atomic mass is 10.0. The van der Waals surface area contributed by atoms with Gasteiger partial charge in [0.2, 0.25) is 0 Å². The molecule has 31 heavy (non-hydrogen) atoms. The first-order valence-electron chi connectivity index (χ1n) is 9.97. The fourth-order valence-corrected chi connectivity index (χ4v) is 3.53. The van der Waals surface area contributed by atoms with Crippen LogP contribution in [-0.4, -0.2) is 11.1 Å². The molecule has 0 radical (unpaired) electrons. The van der Waals surface area contributed by atoms with E-state index in [1.807, 2.05) is 43.3 Å². The largest absolute Gasteiger partial charge is 0.488 e. The van der Waals surface area contributed by atoms with Crippen LogP contribution in [0.25, 0.3) is 10.8 Å². The molecule has 0 aliphatic rings. The number of ether oxygens (including phenoxy) is 1. The van der Waals surface area contributed by atoms with Crippen LogP contribution in [0.4, 0.5) is 10.1 Å². The minimum atomic E-state index is -0.970. The van der Waals surface area contributed by atoms with Crippen molar-refractivity contribution in [3.8, 4) is 5.75 Å². The standard InChI is InChI=1S/C26H22FNO3/c1-17-10-11-19(26(29)30)14-24(17)28-15-22-21-8-4-2-6-18(21)12-13-25(22)31-16-20-7-3-5-9-23(20)27/h2-14,28H,15-16H2,1H3,(H,29,30). The summed E-state index contributed by atoms with van der Waals surface area (Å²) in [5.41, 5.74) is 3.32. The Hall–Kier alpha value is -3.86. The first-order valence-corrected chi connectivity index (χ1v) is 9.97. The number of carbonyl (C=O) groups is 1. The van der Waals surface area contributed by atoms with Gasteiger partial charge in [-0.2, -0.15) is 0 Å². The van der Waals surface area contributed by atoms with Crippen LogP contribution in [0.5, 0.6) is 5.75 Å². The van der Waals surface area contributed by atoms with Gasteiger partial charge in [0.1, 0.15) is 18.2 Å². The molecule has 0 aliphatic carbocycles. The maximum atomic E-state index is 14.0. The average molecular weight is 415 g/mol. The Balaban J connectivity index is 1.65. The summed E-state index contributed by atoms with van der Waals surface area (Å²) in [5, 5.41) is 14.7. The van der Waals surface area contributed by atoms with Gasteiger partial charge in [0.05, 0.1) is 5.56 Å². The number of benzene rings is 4. The molecule has 0 aromatic heterocycles. The van der Waals surface area contributed by atoms with Crippen LogP contribution in [0.2, 0.25) is 0 Å². The van der Waals surface area contributed by atoms with Crippen molar-refractivity contribution in [3.63, 3.8) is 0 Å². The lowest BCUT2D eigenvalue weighted by Gasteiger charge is -2.17. The molecule has 4 aromatic rings. The third-order valence-electron chi connectivity index (χ3n) is 5.28. The number of anilines is 1. The summed E-state index contributed by atoms with van der Waals surface area (Å²) in [7, 11) is 0. The molecule has 2 N–H and O–H groups in total. The van der Waals surface area contributed by atoms with Gasteiger partial charge in [-0.05, 0) is 47.5 Å². The Morgan fingerprint density at radius 1 is 1.00 bits per heavy atom. The van der Waals surface area contributed by atoms with Crippen molar-refractivity contribution < 1.29 is 19.0 Å². The number of nitrogens with one attached hydrogen (secondary N) is 1. The number of carboxylic acids is 1. The van der Waals surface area contributed by atoms with E-state index in [0.717, 1.165) is 27.6 Å². The molecule has 4 rings (SSSR count). The molecule has 0 atom stereocenters. The lowest BCUT2D eigenvalue weighted by molar-refractivity contribution is 0.0697. The van der Waals surface area contributed by atoms with Crippen LogP contribution in [0, 0.1) is 12.7 Å². The molecular weight excluding hydrogens is 393 g/mol. The molecule has 4 nitrogen and oxygen atoms in total. The Morgan fingerprint density at radius 2 is 1.77 bits per heavy atom. The third-order valence-corrected chi connectivity index (χ3v) is 5.28. The van der Waals surface area contributed by atoms with E-state index in [4.69, 9.17) is 4.74 Å². The molecule has 0 aliphatic heterocycles. The van der Waals surface area contributed by atoms with Gasteiger partial charge < -0.3 is 15.2 Å². The van der Waals surface area contributed by atoms with Crippen molar-refractivity contribution in [1.82, 2.24) is 0 Å². The third kappa shape index (κ3) is 4.51. The number of aryl methyl sites for hydroxylation is 1. The highest BCUT2D eigenvalue weighted by Gasteiger charge is 2.12. The van der Waals surface area contributed by atoms with Gasteiger partial charge in [-0.15, -0.1) is 0 Å². The van der Waals surface area contributed by atoms with Crippen LogP contribution in [0.3, 0.4) is 0 Å². The summed E-state index contributed by atoms with van der Waals surface area (Å²) in [4.78, 5) is 11.3. The Labute approximate surface area is 179 Å². The van der Waals surface area contributed by atoms with Gasteiger partial charge >= 0.3 is 5.97 Å². The second-order valence-corrected chi connectivity index (χ2v) is 7.33. The van der Waals surface area contributed by atoms with Crippen molar-refractivity contribution in [1.29, 1.82) is 0 Å². The van der Waals surface area contributed by atoms with E-state index in [-0.39, 0.29) is 18.0 Å². The van der Waals surface area contributed by atoms with Crippen molar-refractivity contribution in [2.75, 3.05) is 5.32 Å². The minimum Gasteiger partial charge on any atom is -0.488 e.